The Labute approximate surface area is 116 Å². The van der Waals surface area contributed by atoms with E-state index >= 15 is 0 Å². The molecule has 1 amide bonds. The number of ether oxygens (including phenoxy) is 1. The summed E-state index contributed by atoms with van der Waals surface area (Å²) in [6, 6.07) is 4.80. The lowest BCUT2D eigenvalue weighted by molar-refractivity contribution is 0.0287. The van der Waals surface area contributed by atoms with Crippen LogP contribution < -0.4 is 10.6 Å². The zero-order valence-corrected chi connectivity index (χ0v) is 11.2. The Morgan fingerprint density at radius 1 is 1.50 bits per heavy atom. The van der Waals surface area contributed by atoms with E-state index in [1.807, 2.05) is 0 Å². The molecule has 0 bridgehead atoms. The molecule has 1 aromatic rings. The second kappa shape index (κ2) is 6.38. The summed E-state index contributed by atoms with van der Waals surface area (Å²) in [5.41, 5.74) is 0.421. The SMILES string of the molecule is O=C(NCC1CNCCO1)c1ccc(Cl)cc1Cl. The van der Waals surface area contributed by atoms with E-state index in [1.165, 1.54) is 0 Å². The van der Waals surface area contributed by atoms with Crippen LogP contribution in [0.5, 0.6) is 0 Å². The zero-order chi connectivity index (χ0) is 13.0. The van der Waals surface area contributed by atoms with Crippen molar-refractivity contribution in [3.05, 3.63) is 33.8 Å². The molecule has 1 aliphatic rings. The molecule has 6 heteroatoms. The van der Waals surface area contributed by atoms with Crippen LogP contribution in [0, 0.1) is 0 Å². The van der Waals surface area contributed by atoms with Gasteiger partial charge in [-0.1, -0.05) is 23.2 Å². The van der Waals surface area contributed by atoms with E-state index in [0.29, 0.717) is 28.8 Å². The molecule has 1 unspecified atom stereocenters. The van der Waals surface area contributed by atoms with Gasteiger partial charge in [0, 0.05) is 24.7 Å². The lowest BCUT2D eigenvalue weighted by atomic mass is 10.2. The minimum Gasteiger partial charge on any atom is -0.374 e. The van der Waals surface area contributed by atoms with Crippen LogP contribution in [0.15, 0.2) is 18.2 Å². The summed E-state index contributed by atoms with van der Waals surface area (Å²) in [5, 5.41) is 6.86. The van der Waals surface area contributed by atoms with Crippen LogP contribution in [-0.2, 0) is 4.74 Å². The van der Waals surface area contributed by atoms with Crippen molar-refractivity contribution < 1.29 is 9.53 Å². The molecule has 0 saturated carbocycles. The van der Waals surface area contributed by atoms with Crippen LogP contribution >= 0.6 is 23.2 Å². The van der Waals surface area contributed by atoms with Gasteiger partial charge in [-0.05, 0) is 18.2 Å². The van der Waals surface area contributed by atoms with E-state index < -0.39 is 0 Å². The number of hydrogen-bond donors (Lipinski definition) is 2. The first-order chi connectivity index (χ1) is 8.66. The highest BCUT2D eigenvalue weighted by atomic mass is 35.5. The number of carbonyl (C=O) groups is 1. The third kappa shape index (κ3) is 3.59. The van der Waals surface area contributed by atoms with E-state index in [2.05, 4.69) is 10.6 Å². The van der Waals surface area contributed by atoms with E-state index in [1.54, 1.807) is 18.2 Å². The lowest BCUT2D eigenvalue weighted by Gasteiger charge is -2.23. The maximum atomic E-state index is 11.9. The maximum absolute atomic E-state index is 11.9. The predicted octanol–water partition coefficient (Wildman–Crippen LogP) is 1.71. The monoisotopic (exact) mass is 288 g/mol. The average Bonchev–Trinajstić information content (AvgIpc) is 2.37. The Morgan fingerprint density at radius 2 is 2.33 bits per heavy atom. The summed E-state index contributed by atoms with van der Waals surface area (Å²) in [4.78, 5) is 11.9. The fraction of sp³-hybridized carbons (Fsp3) is 0.417. The van der Waals surface area contributed by atoms with Crippen molar-refractivity contribution in [1.29, 1.82) is 0 Å². The number of benzene rings is 1. The van der Waals surface area contributed by atoms with Crippen LogP contribution in [-0.4, -0.2) is 38.3 Å². The summed E-state index contributed by atoms with van der Waals surface area (Å²) in [6.07, 6.45) is 0.00813. The van der Waals surface area contributed by atoms with Gasteiger partial charge in [-0.25, -0.2) is 0 Å². The molecule has 1 fully saturated rings. The fourth-order valence-corrected chi connectivity index (χ4v) is 2.22. The Hall–Kier alpha value is -0.810. The number of nitrogens with one attached hydrogen (secondary N) is 2. The molecule has 4 nitrogen and oxygen atoms in total. The van der Waals surface area contributed by atoms with Gasteiger partial charge in [0.25, 0.3) is 5.91 Å². The zero-order valence-electron chi connectivity index (χ0n) is 9.71. The second-order valence-electron chi connectivity index (χ2n) is 4.03. The molecular formula is C12H14Cl2N2O2. The molecule has 2 N–H and O–H groups in total. The molecule has 1 aromatic carbocycles. The molecule has 0 radical (unpaired) electrons. The van der Waals surface area contributed by atoms with Crippen molar-refractivity contribution in [3.63, 3.8) is 0 Å². The van der Waals surface area contributed by atoms with Crippen molar-refractivity contribution in [3.8, 4) is 0 Å². The largest absolute Gasteiger partial charge is 0.374 e. The molecule has 1 saturated heterocycles. The normalized spacial score (nSPS) is 19.6. The van der Waals surface area contributed by atoms with Gasteiger partial charge in [0.2, 0.25) is 0 Å². The Balaban J connectivity index is 1.90. The van der Waals surface area contributed by atoms with Gasteiger partial charge in [0.1, 0.15) is 0 Å². The standard InChI is InChI=1S/C12H14Cl2N2O2/c13-8-1-2-10(11(14)5-8)12(17)16-7-9-6-15-3-4-18-9/h1-2,5,9,15H,3-4,6-7H2,(H,16,17). The van der Waals surface area contributed by atoms with Crippen LogP contribution in [0.3, 0.4) is 0 Å². The van der Waals surface area contributed by atoms with Crippen molar-refractivity contribution in [2.24, 2.45) is 0 Å². The highest BCUT2D eigenvalue weighted by Gasteiger charge is 2.16. The van der Waals surface area contributed by atoms with E-state index in [9.17, 15) is 4.79 Å². The quantitative estimate of drug-likeness (QED) is 0.890. The topological polar surface area (TPSA) is 50.4 Å². The minimum atomic E-state index is -0.217. The van der Waals surface area contributed by atoms with Crippen molar-refractivity contribution >= 4 is 29.1 Å². The van der Waals surface area contributed by atoms with E-state index in [4.69, 9.17) is 27.9 Å². The number of carbonyl (C=O) groups excluding carboxylic acids is 1. The summed E-state index contributed by atoms with van der Waals surface area (Å²) >= 11 is 11.7. The van der Waals surface area contributed by atoms with Gasteiger partial charge in [0.05, 0.1) is 23.3 Å². The molecule has 1 heterocycles. The number of hydrogen-bond acceptors (Lipinski definition) is 3. The van der Waals surface area contributed by atoms with E-state index in [0.717, 1.165) is 13.1 Å². The molecule has 0 aliphatic carbocycles. The Morgan fingerprint density at radius 3 is 3.00 bits per heavy atom. The van der Waals surface area contributed by atoms with Crippen LogP contribution in [0.4, 0.5) is 0 Å². The van der Waals surface area contributed by atoms with Gasteiger partial charge >= 0.3 is 0 Å². The molecular weight excluding hydrogens is 275 g/mol. The second-order valence-corrected chi connectivity index (χ2v) is 4.87. The first kappa shape index (κ1) is 13.6. The Kier molecular flexibility index (Phi) is 4.83. The number of amides is 1. The van der Waals surface area contributed by atoms with Gasteiger partial charge in [-0.15, -0.1) is 0 Å². The maximum Gasteiger partial charge on any atom is 0.252 e. The number of halogens is 2. The molecule has 1 aliphatic heterocycles. The third-order valence-electron chi connectivity index (χ3n) is 2.67. The first-order valence-corrected chi connectivity index (χ1v) is 6.48. The summed E-state index contributed by atoms with van der Waals surface area (Å²) in [5.74, 6) is -0.217. The average molecular weight is 289 g/mol. The van der Waals surface area contributed by atoms with Crippen molar-refractivity contribution in [2.45, 2.75) is 6.10 Å². The number of morpholine rings is 1. The molecule has 1 atom stereocenters. The van der Waals surface area contributed by atoms with Gasteiger partial charge in [0.15, 0.2) is 0 Å². The smallest absolute Gasteiger partial charge is 0.252 e. The van der Waals surface area contributed by atoms with Crippen molar-refractivity contribution in [2.75, 3.05) is 26.2 Å². The predicted molar refractivity (Wildman–Crippen MR) is 71.4 cm³/mol. The first-order valence-electron chi connectivity index (χ1n) is 5.72. The molecule has 2 rings (SSSR count). The fourth-order valence-electron chi connectivity index (χ4n) is 1.73. The van der Waals surface area contributed by atoms with Gasteiger partial charge < -0.3 is 15.4 Å². The van der Waals surface area contributed by atoms with Gasteiger partial charge in [-0.3, -0.25) is 4.79 Å². The number of rotatable bonds is 3. The van der Waals surface area contributed by atoms with Crippen LogP contribution in [0.25, 0.3) is 0 Å². The molecule has 98 valence electrons. The van der Waals surface area contributed by atoms with Crippen LogP contribution in [0.1, 0.15) is 10.4 Å². The summed E-state index contributed by atoms with van der Waals surface area (Å²) < 4.78 is 5.48. The molecule has 18 heavy (non-hydrogen) atoms. The van der Waals surface area contributed by atoms with E-state index in [-0.39, 0.29) is 12.0 Å². The highest BCUT2D eigenvalue weighted by Crippen LogP contribution is 2.20. The van der Waals surface area contributed by atoms with Gasteiger partial charge in [-0.2, -0.15) is 0 Å². The molecule has 0 aromatic heterocycles. The summed E-state index contributed by atoms with van der Waals surface area (Å²) in [7, 11) is 0. The highest BCUT2D eigenvalue weighted by molar-refractivity contribution is 6.36. The lowest BCUT2D eigenvalue weighted by Crippen LogP contribution is -2.45. The van der Waals surface area contributed by atoms with Crippen molar-refractivity contribution in [1.82, 2.24) is 10.6 Å². The molecule has 0 spiro atoms. The van der Waals surface area contributed by atoms with Crippen LogP contribution in [0.2, 0.25) is 10.0 Å². The third-order valence-corrected chi connectivity index (χ3v) is 3.22. The Bertz CT molecular complexity index is 434. The summed E-state index contributed by atoms with van der Waals surface area (Å²) in [6.45, 7) is 2.73. The minimum absolute atomic E-state index is 0.00813.